The Morgan fingerprint density at radius 1 is 0.909 bits per heavy atom. The fourth-order valence-corrected chi connectivity index (χ4v) is 5.16. The van der Waals surface area contributed by atoms with Crippen LogP contribution in [0.2, 0.25) is 0 Å². The van der Waals surface area contributed by atoms with Gasteiger partial charge < -0.3 is 9.64 Å². The number of hydrogen-bond donors (Lipinski definition) is 0. The zero-order valence-corrected chi connectivity index (χ0v) is 19.1. The largest absolute Gasteiger partial charge is 0.497 e. The molecule has 0 aliphatic carbocycles. The monoisotopic (exact) mass is 461 g/mol. The van der Waals surface area contributed by atoms with Crippen LogP contribution in [0.5, 0.6) is 5.75 Å². The Bertz CT molecular complexity index is 1370. The predicted molar refractivity (Wildman–Crippen MR) is 129 cm³/mol. The summed E-state index contributed by atoms with van der Waals surface area (Å²) in [5.41, 5.74) is 1.03. The van der Waals surface area contributed by atoms with Gasteiger partial charge >= 0.3 is 0 Å². The second-order valence-electron chi connectivity index (χ2n) is 7.35. The van der Waals surface area contributed by atoms with Crippen LogP contribution in [0.25, 0.3) is 10.8 Å². The first kappa shape index (κ1) is 22.3. The van der Waals surface area contributed by atoms with Gasteiger partial charge in [0.15, 0.2) is 0 Å². The maximum Gasteiger partial charge on any atom is 0.265 e. The van der Waals surface area contributed by atoms with Crippen LogP contribution in [0.3, 0.4) is 0 Å². The highest BCUT2D eigenvalue weighted by Crippen LogP contribution is 2.30. The normalized spacial score (nSPS) is 11.2. The number of fused-ring (bicyclic) bond motifs is 1. The topological polar surface area (TPSA) is 79.8 Å². The number of benzene rings is 3. The molecule has 0 fully saturated rings. The van der Waals surface area contributed by atoms with Crippen molar-refractivity contribution < 1.29 is 17.9 Å². The van der Waals surface area contributed by atoms with Gasteiger partial charge in [-0.15, -0.1) is 0 Å². The fourth-order valence-electron chi connectivity index (χ4n) is 3.52. The summed E-state index contributed by atoms with van der Waals surface area (Å²) in [5.74, 6) is 0.211. The maximum atomic E-state index is 13.9. The highest BCUT2D eigenvalue weighted by Gasteiger charge is 2.30. The van der Waals surface area contributed by atoms with Crippen molar-refractivity contribution in [2.24, 2.45) is 0 Å². The van der Waals surface area contributed by atoms with Crippen molar-refractivity contribution >= 4 is 38.1 Å². The zero-order chi connectivity index (χ0) is 23.4. The summed E-state index contributed by atoms with van der Waals surface area (Å²) in [6.45, 7) is -0.373. The minimum Gasteiger partial charge on any atom is -0.497 e. The van der Waals surface area contributed by atoms with Crippen molar-refractivity contribution in [3.8, 4) is 5.75 Å². The third kappa shape index (κ3) is 4.51. The highest BCUT2D eigenvalue weighted by atomic mass is 32.2. The van der Waals surface area contributed by atoms with Crippen LogP contribution in [0.4, 0.5) is 11.4 Å². The quantitative estimate of drug-likeness (QED) is 0.414. The molecule has 1 amide bonds. The van der Waals surface area contributed by atoms with E-state index in [4.69, 9.17) is 4.74 Å². The lowest BCUT2D eigenvalue weighted by Gasteiger charge is -2.27. The number of para-hydroxylation sites is 1. The SMILES string of the molecule is COc1ccc(N(CC(=O)N(C)c2ccccc2)S(=O)(=O)c2cccc3cnccc23)cc1. The van der Waals surface area contributed by atoms with Crippen LogP contribution in [0.15, 0.2) is 96.2 Å². The fraction of sp³-hybridized carbons (Fsp3) is 0.120. The van der Waals surface area contributed by atoms with Gasteiger partial charge in [0, 0.05) is 35.9 Å². The number of rotatable bonds is 7. The number of methoxy groups -OCH3 is 1. The average molecular weight is 462 g/mol. The summed E-state index contributed by atoms with van der Waals surface area (Å²) in [6, 6.07) is 22.3. The average Bonchev–Trinajstić information content (AvgIpc) is 2.86. The predicted octanol–water partition coefficient (Wildman–Crippen LogP) is 4.10. The van der Waals surface area contributed by atoms with Gasteiger partial charge in [-0.3, -0.25) is 14.1 Å². The minimum atomic E-state index is -4.09. The van der Waals surface area contributed by atoms with Gasteiger partial charge in [0.1, 0.15) is 12.3 Å². The Kier molecular flexibility index (Phi) is 6.28. The molecule has 0 spiro atoms. The molecule has 1 heterocycles. The molecule has 7 nitrogen and oxygen atoms in total. The van der Waals surface area contributed by atoms with Gasteiger partial charge in [-0.1, -0.05) is 30.3 Å². The Hall–Kier alpha value is -3.91. The molecule has 0 radical (unpaired) electrons. The third-order valence-corrected chi connectivity index (χ3v) is 7.20. The number of sulfonamides is 1. The Morgan fingerprint density at radius 2 is 1.64 bits per heavy atom. The first-order valence-electron chi connectivity index (χ1n) is 10.2. The lowest BCUT2D eigenvalue weighted by Crippen LogP contribution is -2.41. The molecule has 4 aromatic rings. The zero-order valence-electron chi connectivity index (χ0n) is 18.3. The summed E-state index contributed by atoms with van der Waals surface area (Å²) >= 11 is 0. The van der Waals surface area contributed by atoms with E-state index in [1.165, 1.54) is 12.0 Å². The number of hydrogen-bond acceptors (Lipinski definition) is 5. The number of ether oxygens (including phenoxy) is 1. The molecule has 33 heavy (non-hydrogen) atoms. The number of aromatic nitrogens is 1. The van der Waals surface area contributed by atoms with Gasteiger partial charge in [-0.05, 0) is 48.5 Å². The van der Waals surface area contributed by atoms with E-state index in [-0.39, 0.29) is 17.3 Å². The summed E-state index contributed by atoms with van der Waals surface area (Å²) in [7, 11) is -0.935. The molecule has 0 atom stereocenters. The van der Waals surface area contributed by atoms with Crippen LogP contribution >= 0.6 is 0 Å². The maximum absolute atomic E-state index is 13.9. The van der Waals surface area contributed by atoms with Crippen LogP contribution in [0.1, 0.15) is 0 Å². The van der Waals surface area contributed by atoms with E-state index in [1.807, 2.05) is 18.2 Å². The molecule has 0 saturated heterocycles. The van der Waals surface area contributed by atoms with Gasteiger partial charge in [0.05, 0.1) is 17.7 Å². The van der Waals surface area contributed by atoms with E-state index < -0.39 is 10.0 Å². The van der Waals surface area contributed by atoms with Crippen LogP contribution in [-0.4, -0.2) is 40.0 Å². The molecule has 0 saturated carbocycles. The van der Waals surface area contributed by atoms with Crippen molar-refractivity contribution in [3.63, 3.8) is 0 Å². The van der Waals surface area contributed by atoms with E-state index in [1.54, 1.807) is 80.1 Å². The highest BCUT2D eigenvalue weighted by molar-refractivity contribution is 7.93. The van der Waals surface area contributed by atoms with Gasteiger partial charge in [-0.25, -0.2) is 8.42 Å². The van der Waals surface area contributed by atoms with E-state index in [2.05, 4.69) is 4.98 Å². The van der Waals surface area contributed by atoms with Crippen molar-refractivity contribution in [2.75, 3.05) is 29.9 Å². The second-order valence-corrected chi connectivity index (χ2v) is 9.18. The van der Waals surface area contributed by atoms with Gasteiger partial charge in [0.25, 0.3) is 10.0 Å². The summed E-state index contributed by atoms with van der Waals surface area (Å²) in [4.78, 5) is 18.8. The molecule has 0 aliphatic rings. The van der Waals surface area contributed by atoms with Crippen molar-refractivity contribution in [1.82, 2.24) is 4.98 Å². The molecule has 0 aliphatic heterocycles. The van der Waals surface area contributed by atoms with E-state index in [9.17, 15) is 13.2 Å². The molecule has 0 unspecified atom stereocenters. The number of likely N-dealkylation sites (N-methyl/N-ethyl adjacent to an activating group) is 1. The molecule has 3 aromatic carbocycles. The molecule has 1 aromatic heterocycles. The van der Waals surface area contributed by atoms with Gasteiger partial charge in [-0.2, -0.15) is 0 Å². The standard InChI is InChI=1S/C25H23N3O4S/c1-27(20-8-4-3-5-9-20)25(29)18-28(21-11-13-22(32-2)14-12-21)33(30,31)24-10-6-7-19-17-26-16-15-23(19)24/h3-17H,18H2,1-2H3. The van der Waals surface area contributed by atoms with Crippen molar-refractivity contribution in [1.29, 1.82) is 0 Å². The molecular formula is C25H23N3O4S. The van der Waals surface area contributed by atoms with Crippen LogP contribution in [0, 0.1) is 0 Å². The summed E-state index contributed by atoms with van der Waals surface area (Å²) < 4.78 is 34.1. The van der Waals surface area contributed by atoms with Crippen LogP contribution < -0.4 is 13.9 Å². The molecular weight excluding hydrogens is 438 g/mol. The molecule has 0 N–H and O–H groups in total. The number of nitrogens with zero attached hydrogens (tertiary/aromatic N) is 3. The minimum absolute atomic E-state index is 0.105. The Labute approximate surface area is 192 Å². The van der Waals surface area contributed by atoms with E-state index in [0.29, 0.717) is 27.9 Å². The number of pyridine rings is 1. The lowest BCUT2D eigenvalue weighted by atomic mass is 10.2. The van der Waals surface area contributed by atoms with E-state index in [0.717, 1.165) is 4.31 Å². The van der Waals surface area contributed by atoms with E-state index >= 15 is 0 Å². The Morgan fingerprint density at radius 3 is 2.33 bits per heavy atom. The van der Waals surface area contributed by atoms with Crippen molar-refractivity contribution in [2.45, 2.75) is 4.90 Å². The molecule has 4 rings (SSSR count). The summed E-state index contributed by atoms with van der Waals surface area (Å²) in [5, 5.41) is 1.23. The molecule has 0 bridgehead atoms. The number of anilines is 2. The smallest absolute Gasteiger partial charge is 0.265 e. The lowest BCUT2D eigenvalue weighted by molar-refractivity contribution is -0.116. The first-order valence-corrected chi connectivity index (χ1v) is 11.7. The second kappa shape index (κ2) is 9.30. The van der Waals surface area contributed by atoms with Crippen LogP contribution in [-0.2, 0) is 14.8 Å². The number of amides is 1. The molecule has 8 heteroatoms. The first-order chi connectivity index (χ1) is 15.9. The Balaban J connectivity index is 1.79. The number of carbonyl (C=O) groups is 1. The number of carbonyl (C=O) groups excluding carboxylic acids is 1. The van der Waals surface area contributed by atoms with Crippen molar-refractivity contribution in [3.05, 3.63) is 91.3 Å². The summed E-state index contributed by atoms with van der Waals surface area (Å²) in [6.07, 6.45) is 3.16. The third-order valence-electron chi connectivity index (χ3n) is 5.37. The molecule has 168 valence electrons. The van der Waals surface area contributed by atoms with Gasteiger partial charge in [0.2, 0.25) is 5.91 Å².